The quantitative estimate of drug-likeness (QED) is 0.423. The number of thioether (sulfide) groups is 1. The number of rotatable bonds is 6. The summed E-state index contributed by atoms with van der Waals surface area (Å²) >= 11 is 7.52. The SMILES string of the molecule is COc1cc2c(cc1OC)[C@@H](C(=O)Nc1ccc(F)c(Cl)c1)[C@@H](c1ccc(SC)cc1)N(C)C2=O. The molecular formula is C26H24ClFN2O4S. The van der Waals surface area contributed by atoms with Crippen molar-refractivity contribution >= 4 is 40.9 Å². The molecule has 0 fully saturated rings. The van der Waals surface area contributed by atoms with E-state index in [1.807, 2.05) is 30.5 Å². The molecule has 9 heteroatoms. The number of nitrogens with one attached hydrogen (secondary N) is 1. The van der Waals surface area contributed by atoms with Gasteiger partial charge in [0.05, 0.1) is 31.2 Å². The highest BCUT2D eigenvalue weighted by Gasteiger charge is 2.43. The number of halogens is 2. The molecule has 0 saturated carbocycles. The fraction of sp³-hybridized carbons (Fsp3) is 0.231. The highest BCUT2D eigenvalue weighted by Crippen LogP contribution is 2.46. The average Bonchev–Trinajstić information content (AvgIpc) is 2.87. The van der Waals surface area contributed by atoms with Crippen LogP contribution in [0.15, 0.2) is 59.5 Å². The largest absolute Gasteiger partial charge is 0.493 e. The monoisotopic (exact) mass is 514 g/mol. The smallest absolute Gasteiger partial charge is 0.254 e. The van der Waals surface area contributed by atoms with Gasteiger partial charge in [-0.25, -0.2) is 4.39 Å². The van der Waals surface area contributed by atoms with Crippen molar-refractivity contribution in [1.82, 2.24) is 4.90 Å². The lowest BCUT2D eigenvalue weighted by molar-refractivity contribution is -0.119. The summed E-state index contributed by atoms with van der Waals surface area (Å²) in [4.78, 5) is 29.8. The first-order chi connectivity index (χ1) is 16.8. The Hall–Kier alpha value is -3.23. The first-order valence-corrected chi connectivity index (χ1v) is 12.3. The molecule has 0 saturated heterocycles. The van der Waals surface area contributed by atoms with E-state index >= 15 is 0 Å². The van der Waals surface area contributed by atoms with E-state index in [0.29, 0.717) is 28.3 Å². The van der Waals surface area contributed by atoms with Crippen LogP contribution in [-0.4, -0.2) is 44.2 Å². The van der Waals surface area contributed by atoms with Gasteiger partial charge in [-0.1, -0.05) is 23.7 Å². The van der Waals surface area contributed by atoms with Crippen LogP contribution >= 0.6 is 23.4 Å². The van der Waals surface area contributed by atoms with Crippen molar-refractivity contribution in [3.8, 4) is 11.5 Å². The van der Waals surface area contributed by atoms with Gasteiger partial charge < -0.3 is 19.7 Å². The van der Waals surface area contributed by atoms with E-state index in [0.717, 1.165) is 10.5 Å². The van der Waals surface area contributed by atoms with Gasteiger partial charge in [0.25, 0.3) is 5.91 Å². The molecule has 1 aliphatic rings. The van der Waals surface area contributed by atoms with Crippen LogP contribution in [0.2, 0.25) is 5.02 Å². The summed E-state index contributed by atoms with van der Waals surface area (Å²) in [6.45, 7) is 0. The molecule has 4 rings (SSSR count). The minimum atomic E-state index is -0.795. The number of likely N-dealkylation sites (N-methyl/N-ethyl adjacent to an activating group) is 1. The first-order valence-electron chi connectivity index (χ1n) is 10.7. The van der Waals surface area contributed by atoms with Crippen LogP contribution in [0.25, 0.3) is 0 Å². The Bertz CT molecular complexity index is 1290. The first kappa shape index (κ1) is 24.9. The number of amides is 2. The van der Waals surface area contributed by atoms with Crippen molar-refractivity contribution in [3.05, 3.63) is 82.1 Å². The number of anilines is 1. The summed E-state index contributed by atoms with van der Waals surface area (Å²) in [5, 5.41) is 2.74. The Labute approximate surface area is 212 Å². The summed E-state index contributed by atoms with van der Waals surface area (Å²) < 4.78 is 24.5. The van der Waals surface area contributed by atoms with Crippen molar-refractivity contribution in [1.29, 1.82) is 0 Å². The molecule has 3 aromatic rings. The minimum absolute atomic E-state index is 0.102. The number of hydrogen-bond donors (Lipinski definition) is 1. The molecule has 1 aliphatic heterocycles. The summed E-state index contributed by atoms with van der Waals surface area (Å²) in [5.41, 5.74) is 2.01. The highest BCUT2D eigenvalue weighted by molar-refractivity contribution is 7.98. The Morgan fingerprint density at radius 1 is 1.06 bits per heavy atom. The van der Waals surface area contributed by atoms with Crippen molar-refractivity contribution in [3.63, 3.8) is 0 Å². The van der Waals surface area contributed by atoms with Crippen molar-refractivity contribution in [2.24, 2.45) is 0 Å². The molecule has 0 radical (unpaired) electrons. The van der Waals surface area contributed by atoms with Crippen LogP contribution in [0.5, 0.6) is 11.5 Å². The van der Waals surface area contributed by atoms with Crippen molar-refractivity contribution in [2.45, 2.75) is 16.9 Å². The predicted molar refractivity (Wildman–Crippen MR) is 135 cm³/mol. The van der Waals surface area contributed by atoms with Gasteiger partial charge >= 0.3 is 0 Å². The standard InChI is InChI=1S/C26H24ClFN2O4S/c1-30-24(14-5-8-16(35-4)9-6-14)23(25(31)29-15-7-10-20(28)19(27)11-15)17-12-21(33-2)22(34-3)13-18(17)26(30)32/h5-13,23-24H,1-4H3,(H,29,31)/t23-,24-/m1/s1. The lowest BCUT2D eigenvalue weighted by Gasteiger charge is -2.40. The molecule has 2 amide bonds. The van der Waals surface area contributed by atoms with Crippen LogP contribution in [-0.2, 0) is 4.79 Å². The van der Waals surface area contributed by atoms with Gasteiger partial charge in [0.2, 0.25) is 5.91 Å². The Morgan fingerprint density at radius 2 is 1.71 bits per heavy atom. The topological polar surface area (TPSA) is 67.9 Å². The zero-order chi connectivity index (χ0) is 25.3. The van der Waals surface area contributed by atoms with E-state index in [1.165, 1.54) is 32.4 Å². The Balaban J connectivity index is 1.86. The summed E-state index contributed by atoms with van der Waals surface area (Å²) in [6, 6.07) is 14.4. The van der Waals surface area contributed by atoms with E-state index in [9.17, 15) is 14.0 Å². The van der Waals surface area contributed by atoms with Gasteiger partial charge in [0, 0.05) is 23.2 Å². The van der Waals surface area contributed by atoms with Crippen molar-refractivity contribution < 1.29 is 23.5 Å². The van der Waals surface area contributed by atoms with Crippen LogP contribution < -0.4 is 14.8 Å². The summed E-state index contributed by atoms with van der Waals surface area (Å²) in [6.07, 6.45) is 1.98. The third-order valence-electron chi connectivity index (χ3n) is 6.10. The van der Waals surface area contributed by atoms with E-state index in [2.05, 4.69) is 5.32 Å². The van der Waals surface area contributed by atoms with Crippen LogP contribution in [0, 0.1) is 5.82 Å². The number of benzene rings is 3. The van der Waals surface area contributed by atoms with Gasteiger partial charge in [0.15, 0.2) is 11.5 Å². The number of hydrogen-bond acceptors (Lipinski definition) is 5. The lowest BCUT2D eigenvalue weighted by atomic mass is 9.79. The second kappa shape index (κ2) is 10.2. The maximum absolute atomic E-state index is 13.8. The molecule has 0 spiro atoms. The molecule has 0 bridgehead atoms. The number of carbonyl (C=O) groups is 2. The maximum atomic E-state index is 13.8. The number of methoxy groups -OCH3 is 2. The molecule has 2 atom stereocenters. The van der Waals surface area contributed by atoms with Gasteiger partial charge in [0.1, 0.15) is 5.82 Å². The molecular weight excluding hydrogens is 491 g/mol. The summed E-state index contributed by atoms with van der Waals surface area (Å²) in [7, 11) is 4.65. The molecule has 1 heterocycles. The van der Waals surface area contributed by atoms with Gasteiger partial charge in [-0.15, -0.1) is 11.8 Å². The lowest BCUT2D eigenvalue weighted by Crippen LogP contribution is -2.44. The highest BCUT2D eigenvalue weighted by atomic mass is 35.5. The molecule has 35 heavy (non-hydrogen) atoms. The normalized spacial score (nSPS) is 17.1. The molecule has 0 aromatic heterocycles. The zero-order valence-corrected chi connectivity index (χ0v) is 21.2. The Morgan fingerprint density at radius 3 is 2.31 bits per heavy atom. The van der Waals surface area contributed by atoms with E-state index < -0.39 is 17.8 Å². The van der Waals surface area contributed by atoms with Gasteiger partial charge in [-0.05, 0) is 59.8 Å². The zero-order valence-electron chi connectivity index (χ0n) is 19.6. The van der Waals surface area contributed by atoms with E-state index in [1.54, 1.807) is 35.8 Å². The molecule has 1 N–H and O–H groups in total. The fourth-order valence-corrected chi connectivity index (χ4v) is 4.93. The second-order valence-electron chi connectivity index (χ2n) is 8.02. The number of nitrogens with zero attached hydrogens (tertiary/aromatic N) is 1. The average molecular weight is 515 g/mol. The van der Waals surface area contributed by atoms with Crippen molar-refractivity contribution in [2.75, 3.05) is 32.8 Å². The van der Waals surface area contributed by atoms with E-state index in [4.69, 9.17) is 21.1 Å². The minimum Gasteiger partial charge on any atom is -0.493 e. The van der Waals surface area contributed by atoms with Gasteiger partial charge in [-0.2, -0.15) is 0 Å². The predicted octanol–water partition coefficient (Wildman–Crippen LogP) is 5.77. The number of fused-ring (bicyclic) bond motifs is 1. The van der Waals surface area contributed by atoms with Crippen LogP contribution in [0.4, 0.5) is 10.1 Å². The fourth-order valence-electron chi connectivity index (χ4n) is 4.34. The van der Waals surface area contributed by atoms with E-state index in [-0.39, 0.29) is 16.8 Å². The van der Waals surface area contributed by atoms with Crippen LogP contribution in [0.3, 0.4) is 0 Å². The maximum Gasteiger partial charge on any atom is 0.254 e. The number of ether oxygens (including phenoxy) is 2. The third-order valence-corrected chi connectivity index (χ3v) is 7.13. The second-order valence-corrected chi connectivity index (χ2v) is 9.31. The Kier molecular flexibility index (Phi) is 7.23. The molecule has 3 aromatic carbocycles. The third kappa shape index (κ3) is 4.68. The summed E-state index contributed by atoms with van der Waals surface area (Å²) in [5.74, 6) is -1.20. The molecule has 0 aliphatic carbocycles. The number of carbonyl (C=O) groups excluding carboxylic acids is 2. The molecule has 182 valence electrons. The molecule has 6 nitrogen and oxygen atoms in total. The van der Waals surface area contributed by atoms with Gasteiger partial charge in [-0.3, -0.25) is 9.59 Å². The molecule has 0 unspecified atom stereocenters. The van der Waals surface area contributed by atoms with Crippen LogP contribution in [0.1, 0.15) is 33.4 Å².